The number of nitrogens with zero attached hydrogens (tertiary/aromatic N) is 3. The van der Waals surface area contributed by atoms with Gasteiger partial charge in [-0.05, 0) is 44.9 Å². The van der Waals surface area contributed by atoms with Crippen molar-refractivity contribution < 1.29 is 13.2 Å². The van der Waals surface area contributed by atoms with Crippen LogP contribution in [0.15, 0.2) is 28.5 Å². The summed E-state index contributed by atoms with van der Waals surface area (Å²) in [4.78, 5) is 7.25. The van der Waals surface area contributed by atoms with Gasteiger partial charge in [-0.3, -0.25) is 4.90 Å². The molecule has 1 aliphatic carbocycles. The van der Waals surface area contributed by atoms with Gasteiger partial charge in [0.05, 0.1) is 17.3 Å². The maximum Gasteiger partial charge on any atom is 0.246 e. The Morgan fingerprint density at radius 2 is 1.84 bits per heavy atom. The molecule has 0 N–H and O–H groups in total. The summed E-state index contributed by atoms with van der Waals surface area (Å²) < 4.78 is 34.4. The molecule has 4 rings (SSSR count). The lowest BCUT2D eigenvalue weighted by atomic mass is 9.94. The van der Waals surface area contributed by atoms with E-state index in [9.17, 15) is 8.42 Å². The minimum atomic E-state index is -3.64. The maximum atomic E-state index is 13.6. The SMILES string of the molecule is CCOc1ccc(-c2csc(C)n2)cc1S(=O)(=O)N1CCN(C2CCCCC2)CC1.Cl. The monoisotopic (exact) mass is 485 g/mol. The minimum Gasteiger partial charge on any atom is -0.492 e. The van der Waals surface area contributed by atoms with Crippen molar-refractivity contribution in [3.8, 4) is 17.0 Å². The molecule has 1 aromatic heterocycles. The predicted octanol–water partition coefficient (Wildman–Crippen LogP) is 4.58. The van der Waals surface area contributed by atoms with Crippen molar-refractivity contribution in [3.63, 3.8) is 0 Å². The quantitative estimate of drug-likeness (QED) is 0.599. The van der Waals surface area contributed by atoms with E-state index >= 15 is 0 Å². The van der Waals surface area contributed by atoms with Crippen LogP contribution in [0, 0.1) is 6.92 Å². The summed E-state index contributed by atoms with van der Waals surface area (Å²) in [7, 11) is -3.64. The number of aryl methyl sites for hydroxylation is 1. The van der Waals surface area contributed by atoms with Crippen LogP contribution in [0.2, 0.25) is 0 Å². The Morgan fingerprint density at radius 3 is 2.45 bits per heavy atom. The lowest BCUT2D eigenvalue weighted by molar-refractivity contribution is 0.111. The molecule has 2 fully saturated rings. The van der Waals surface area contributed by atoms with Gasteiger partial charge in [0.2, 0.25) is 10.0 Å². The highest BCUT2D eigenvalue weighted by molar-refractivity contribution is 7.89. The van der Waals surface area contributed by atoms with Crippen molar-refractivity contribution >= 4 is 33.8 Å². The number of ether oxygens (including phenoxy) is 1. The van der Waals surface area contributed by atoms with Crippen LogP contribution in [0.25, 0.3) is 11.3 Å². The normalized spacial score (nSPS) is 19.2. The molecule has 0 amide bonds. The van der Waals surface area contributed by atoms with E-state index in [1.54, 1.807) is 27.8 Å². The summed E-state index contributed by atoms with van der Waals surface area (Å²) in [6.45, 7) is 6.92. The first-order valence-electron chi connectivity index (χ1n) is 10.9. The molecular formula is C22H32ClN3O3S2. The van der Waals surface area contributed by atoms with E-state index in [4.69, 9.17) is 4.74 Å². The summed E-state index contributed by atoms with van der Waals surface area (Å²) >= 11 is 1.56. The van der Waals surface area contributed by atoms with Crippen LogP contribution in [0.4, 0.5) is 0 Å². The van der Waals surface area contributed by atoms with Crippen LogP contribution in [0.1, 0.15) is 44.0 Å². The van der Waals surface area contributed by atoms with E-state index in [0.29, 0.717) is 31.5 Å². The number of hydrogen-bond acceptors (Lipinski definition) is 6. The van der Waals surface area contributed by atoms with E-state index in [2.05, 4.69) is 9.88 Å². The third-order valence-corrected chi connectivity index (χ3v) is 8.83. The van der Waals surface area contributed by atoms with Gasteiger partial charge in [-0.15, -0.1) is 23.7 Å². The maximum absolute atomic E-state index is 13.6. The first-order valence-corrected chi connectivity index (χ1v) is 13.2. The molecule has 9 heteroatoms. The van der Waals surface area contributed by atoms with Gasteiger partial charge in [0.15, 0.2) is 0 Å². The molecule has 0 unspecified atom stereocenters. The van der Waals surface area contributed by atoms with Crippen molar-refractivity contribution in [1.82, 2.24) is 14.2 Å². The van der Waals surface area contributed by atoms with Gasteiger partial charge >= 0.3 is 0 Å². The van der Waals surface area contributed by atoms with Crippen LogP contribution in [-0.4, -0.2) is 61.4 Å². The third-order valence-electron chi connectivity index (χ3n) is 6.14. The highest BCUT2D eigenvalue weighted by atomic mass is 35.5. The summed E-state index contributed by atoms with van der Waals surface area (Å²) in [5.74, 6) is 0.419. The molecule has 6 nitrogen and oxygen atoms in total. The zero-order chi connectivity index (χ0) is 21.1. The van der Waals surface area contributed by atoms with Crippen molar-refractivity contribution in [2.75, 3.05) is 32.8 Å². The lowest BCUT2D eigenvalue weighted by Gasteiger charge is -2.40. The summed E-state index contributed by atoms with van der Waals surface area (Å²) in [5, 5.41) is 2.92. The number of aromatic nitrogens is 1. The molecule has 172 valence electrons. The fraction of sp³-hybridized carbons (Fsp3) is 0.591. The second kappa shape index (κ2) is 10.6. The summed E-state index contributed by atoms with van der Waals surface area (Å²) in [6, 6.07) is 6.00. The van der Waals surface area contributed by atoms with Gasteiger partial charge < -0.3 is 4.74 Å². The molecular weight excluding hydrogens is 454 g/mol. The highest BCUT2D eigenvalue weighted by Crippen LogP contribution is 2.33. The zero-order valence-electron chi connectivity index (χ0n) is 18.2. The van der Waals surface area contributed by atoms with Crippen LogP contribution < -0.4 is 4.74 Å². The van der Waals surface area contributed by atoms with Crippen LogP contribution in [0.5, 0.6) is 5.75 Å². The molecule has 0 spiro atoms. The van der Waals surface area contributed by atoms with Gasteiger partial charge in [0.1, 0.15) is 10.6 Å². The Hall–Kier alpha value is -1.19. The molecule has 2 heterocycles. The van der Waals surface area contributed by atoms with Gasteiger partial charge in [-0.25, -0.2) is 13.4 Å². The van der Waals surface area contributed by atoms with Crippen LogP contribution in [0.3, 0.4) is 0 Å². The predicted molar refractivity (Wildman–Crippen MR) is 128 cm³/mol. The van der Waals surface area contributed by atoms with Gasteiger partial charge in [0, 0.05) is 43.2 Å². The molecule has 0 bridgehead atoms. The van der Waals surface area contributed by atoms with E-state index in [1.807, 2.05) is 25.3 Å². The average Bonchev–Trinajstić information content (AvgIpc) is 3.21. The molecule has 2 aromatic rings. The second-order valence-corrected chi connectivity index (χ2v) is 11.0. The Bertz CT molecular complexity index is 966. The number of thiazole rings is 1. The first kappa shape index (κ1) is 24.5. The van der Waals surface area contributed by atoms with E-state index in [0.717, 1.165) is 29.4 Å². The number of halogens is 1. The van der Waals surface area contributed by atoms with Crippen LogP contribution in [-0.2, 0) is 10.0 Å². The lowest BCUT2D eigenvalue weighted by Crippen LogP contribution is -2.52. The first-order chi connectivity index (χ1) is 14.5. The second-order valence-electron chi connectivity index (χ2n) is 8.08. The van der Waals surface area contributed by atoms with Crippen molar-refractivity contribution in [1.29, 1.82) is 0 Å². The van der Waals surface area contributed by atoms with Crippen molar-refractivity contribution in [3.05, 3.63) is 28.6 Å². The van der Waals surface area contributed by atoms with Crippen molar-refractivity contribution in [2.24, 2.45) is 0 Å². The Kier molecular flexibility index (Phi) is 8.37. The summed E-state index contributed by atoms with van der Waals surface area (Å²) in [5.41, 5.74) is 1.61. The molecule has 2 aliphatic rings. The van der Waals surface area contributed by atoms with E-state index < -0.39 is 10.0 Å². The summed E-state index contributed by atoms with van der Waals surface area (Å²) in [6.07, 6.45) is 6.42. The fourth-order valence-corrected chi connectivity index (χ4v) is 6.74. The molecule has 1 saturated carbocycles. The molecule has 0 atom stereocenters. The number of benzene rings is 1. The average molecular weight is 486 g/mol. The smallest absolute Gasteiger partial charge is 0.246 e. The van der Waals surface area contributed by atoms with Gasteiger partial charge in [-0.1, -0.05) is 19.3 Å². The largest absolute Gasteiger partial charge is 0.492 e. The Labute approximate surface area is 196 Å². The fourth-order valence-electron chi connectivity index (χ4n) is 4.53. The van der Waals surface area contributed by atoms with E-state index in [1.165, 1.54) is 32.1 Å². The minimum absolute atomic E-state index is 0. The standard InChI is InChI=1S/C22H31N3O3S2.ClH/c1-3-28-21-10-9-18(20-16-29-17(2)23-20)15-22(21)30(26,27)25-13-11-24(12-14-25)19-7-5-4-6-8-19;/h9-10,15-16,19H,3-8,11-14H2,1-2H3;1H. The number of rotatable bonds is 6. The third kappa shape index (κ3) is 5.42. The Balaban J connectivity index is 0.00000272. The molecule has 1 aromatic carbocycles. The molecule has 1 saturated heterocycles. The zero-order valence-corrected chi connectivity index (χ0v) is 20.7. The molecule has 31 heavy (non-hydrogen) atoms. The van der Waals surface area contributed by atoms with Gasteiger partial charge in [0.25, 0.3) is 0 Å². The number of piperazine rings is 1. The van der Waals surface area contributed by atoms with Crippen LogP contribution >= 0.6 is 23.7 Å². The van der Waals surface area contributed by atoms with Crippen molar-refractivity contribution in [2.45, 2.75) is 56.9 Å². The number of hydrogen-bond donors (Lipinski definition) is 0. The highest BCUT2D eigenvalue weighted by Gasteiger charge is 2.33. The van der Waals surface area contributed by atoms with E-state index in [-0.39, 0.29) is 17.3 Å². The number of sulfonamides is 1. The molecule has 0 radical (unpaired) electrons. The van der Waals surface area contributed by atoms with Gasteiger partial charge in [-0.2, -0.15) is 4.31 Å². The molecule has 1 aliphatic heterocycles. The topological polar surface area (TPSA) is 62.7 Å². The Morgan fingerprint density at radius 1 is 1.13 bits per heavy atom.